The molecular weight excluding hydrogens is 255 g/mol. The SMILES string of the molecule is NC(Cc1ccn(C2CCCC2)n1)c1ccc(F)cn1. The van der Waals surface area contributed by atoms with Gasteiger partial charge in [0, 0.05) is 12.6 Å². The molecule has 0 radical (unpaired) electrons. The minimum atomic E-state index is -0.341. The lowest BCUT2D eigenvalue weighted by atomic mass is 10.1. The summed E-state index contributed by atoms with van der Waals surface area (Å²) in [5, 5.41) is 4.61. The molecule has 0 saturated heterocycles. The summed E-state index contributed by atoms with van der Waals surface area (Å²) in [4.78, 5) is 4.02. The molecule has 1 saturated carbocycles. The quantitative estimate of drug-likeness (QED) is 0.932. The molecule has 106 valence electrons. The monoisotopic (exact) mass is 274 g/mol. The predicted octanol–water partition coefficient (Wildman–Crippen LogP) is 2.77. The maximum Gasteiger partial charge on any atom is 0.141 e. The van der Waals surface area contributed by atoms with E-state index in [-0.39, 0.29) is 11.9 Å². The molecule has 0 spiro atoms. The second-order valence-corrected chi connectivity index (χ2v) is 5.44. The molecule has 1 atom stereocenters. The first-order chi connectivity index (χ1) is 9.72. The Labute approximate surface area is 117 Å². The van der Waals surface area contributed by atoms with Crippen molar-refractivity contribution in [2.24, 2.45) is 5.73 Å². The van der Waals surface area contributed by atoms with Crippen LogP contribution in [0.1, 0.15) is 49.2 Å². The lowest BCUT2D eigenvalue weighted by Crippen LogP contribution is -2.15. The fraction of sp³-hybridized carbons (Fsp3) is 0.467. The molecule has 2 aromatic heterocycles. The molecule has 2 aromatic rings. The van der Waals surface area contributed by atoms with Crippen molar-refractivity contribution in [2.45, 2.75) is 44.2 Å². The molecule has 0 aliphatic heterocycles. The summed E-state index contributed by atoms with van der Waals surface area (Å²) in [5.74, 6) is -0.341. The van der Waals surface area contributed by atoms with Gasteiger partial charge in [0.1, 0.15) is 5.82 Å². The third-order valence-electron chi connectivity index (χ3n) is 3.92. The van der Waals surface area contributed by atoms with Gasteiger partial charge >= 0.3 is 0 Å². The number of pyridine rings is 1. The third-order valence-corrected chi connectivity index (χ3v) is 3.92. The number of halogens is 1. The molecular formula is C15H19FN4. The van der Waals surface area contributed by atoms with E-state index in [1.165, 1.54) is 37.9 Å². The van der Waals surface area contributed by atoms with Crippen molar-refractivity contribution in [3.8, 4) is 0 Å². The Hall–Kier alpha value is -1.75. The molecule has 20 heavy (non-hydrogen) atoms. The summed E-state index contributed by atoms with van der Waals surface area (Å²) in [6, 6.07) is 5.33. The Morgan fingerprint density at radius 2 is 2.10 bits per heavy atom. The normalized spacial score (nSPS) is 17.5. The van der Waals surface area contributed by atoms with Gasteiger partial charge in [-0.15, -0.1) is 0 Å². The van der Waals surface area contributed by atoms with E-state index in [1.807, 2.05) is 12.3 Å². The van der Waals surface area contributed by atoms with Crippen LogP contribution in [-0.2, 0) is 6.42 Å². The molecule has 4 nitrogen and oxygen atoms in total. The Kier molecular flexibility index (Phi) is 3.78. The summed E-state index contributed by atoms with van der Waals surface area (Å²) in [7, 11) is 0. The molecule has 0 bridgehead atoms. The van der Waals surface area contributed by atoms with Crippen LogP contribution in [0, 0.1) is 5.82 Å². The van der Waals surface area contributed by atoms with Crippen LogP contribution in [0.15, 0.2) is 30.6 Å². The van der Waals surface area contributed by atoms with E-state index in [2.05, 4.69) is 14.8 Å². The highest BCUT2D eigenvalue weighted by molar-refractivity contribution is 5.13. The molecule has 1 unspecified atom stereocenters. The van der Waals surface area contributed by atoms with Crippen LogP contribution >= 0.6 is 0 Å². The summed E-state index contributed by atoms with van der Waals surface area (Å²) in [5.41, 5.74) is 7.77. The average molecular weight is 274 g/mol. The van der Waals surface area contributed by atoms with Crippen LogP contribution in [0.25, 0.3) is 0 Å². The van der Waals surface area contributed by atoms with Crippen molar-refractivity contribution in [3.63, 3.8) is 0 Å². The third kappa shape index (κ3) is 2.88. The van der Waals surface area contributed by atoms with Crippen LogP contribution in [-0.4, -0.2) is 14.8 Å². The van der Waals surface area contributed by atoms with E-state index in [9.17, 15) is 4.39 Å². The van der Waals surface area contributed by atoms with Gasteiger partial charge in [-0.25, -0.2) is 4.39 Å². The number of nitrogens with two attached hydrogens (primary N) is 1. The lowest BCUT2D eigenvalue weighted by Gasteiger charge is -2.11. The zero-order valence-corrected chi connectivity index (χ0v) is 11.4. The van der Waals surface area contributed by atoms with Crippen molar-refractivity contribution in [1.82, 2.24) is 14.8 Å². The molecule has 2 N–H and O–H groups in total. The Bertz CT molecular complexity index is 558. The molecule has 1 fully saturated rings. The van der Waals surface area contributed by atoms with Crippen molar-refractivity contribution in [1.29, 1.82) is 0 Å². The topological polar surface area (TPSA) is 56.7 Å². The number of hydrogen-bond acceptors (Lipinski definition) is 3. The van der Waals surface area contributed by atoms with Crippen molar-refractivity contribution < 1.29 is 4.39 Å². The fourth-order valence-corrected chi connectivity index (χ4v) is 2.79. The van der Waals surface area contributed by atoms with Gasteiger partial charge in [0.25, 0.3) is 0 Å². The summed E-state index contributed by atoms with van der Waals surface area (Å²) >= 11 is 0. The van der Waals surface area contributed by atoms with E-state index < -0.39 is 0 Å². The van der Waals surface area contributed by atoms with Gasteiger partial charge in [0.05, 0.1) is 29.7 Å². The van der Waals surface area contributed by atoms with Crippen molar-refractivity contribution >= 4 is 0 Å². The zero-order valence-electron chi connectivity index (χ0n) is 11.4. The highest BCUT2D eigenvalue weighted by Gasteiger charge is 2.18. The van der Waals surface area contributed by atoms with Crippen LogP contribution < -0.4 is 5.73 Å². The van der Waals surface area contributed by atoms with Crippen LogP contribution in [0.5, 0.6) is 0 Å². The second-order valence-electron chi connectivity index (χ2n) is 5.44. The van der Waals surface area contributed by atoms with Gasteiger partial charge in [-0.05, 0) is 31.0 Å². The second kappa shape index (κ2) is 5.71. The first-order valence-electron chi connectivity index (χ1n) is 7.13. The number of hydrogen-bond donors (Lipinski definition) is 1. The average Bonchev–Trinajstić information content (AvgIpc) is 3.09. The predicted molar refractivity (Wildman–Crippen MR) is 74.6 cm³/mol. The minimum Gasteiger partial charge on any atom is -0.322 e. The Morgan fingerprint density at radius 1 is 1.30 bits per heavy atom. The maximum atomic E-state index is 12.8. The first-order valence-corrected chi connectivity index (χ1v) is 7.13. The van der Waals surface area contributed by atoms with Crippen LogP contribution in [0.3, 0.4) is 0 Å². The Morgan fingerprint density at radius 3 is 2.80 bits per heavy atom. The lowest BCUT2D eigenvalue weighted by molar-refractivity contribution is 0.461. The van der Waals surface area contributed by atoms with Gasteiger partial charge in [0.2, 0.25) is 0 Å². The van der Waals surface area contributed by atoms with Crippen LogP contribution in [0.2, 0.25) is 0 Å². The molecule has 1 aliphatic rings. The molecule has 3 rings (SSSR count). The van der Waals surface area contributed by atoms with Crippen LogP contribution in [0.4, 0.5) is 4.39 Å². The van der Waals surface area contributed by atoms with E-state index in [4.69, 9.17) is 5.73 Å². The minimum absolute atomic E-state index is 0.248. The van der Waals surface area contributed by atoms with Gasteiger partial charge in [-0.2, -0.15) is 5.10 Å². The van der Waals surface area contributed by atoms with Crippen molar-refractivity contribution in [3.05, 3.63) is 47.8 Å². The van der Waals surface area contributed by atoms with E-state index in [0.717, 1.165) is 5.69 Å². The molecule has 5 heteroatoms. The Balaban J connectivity index is 1.66. The highest BCUT2D eigenvalue weighted by atomic mass is 19.1. The van der Waals surface area contributed by atoms with Gasteiger partial charge < -0.3 is 5.73 Å². The van der Waals surface area contributed by atoms with E-state index in [0.29, 0.717) is 18.2 Å². The molecule has 0 aromatic carbocycles. The van der Waals surface area contributed by atoms with Gasteiger partial charge in [0.15, 0.2) is 0 Å². The smallest absolute Gasteiger partial charge is 0.141 e. The van der Waals surface area contributed by atoms with Gasteiger partial charge in [-0.1, -0.05) is 12.8 Å². The van der Waals surface area contributed by atoms with E-state index >= 15 is 0 Å². The number of aromatic nitrogens is 3. The molecule has 0 amide bonds. The number of rotatable bonds is 4. The summed E-state index contributed by atoms with van der Waals surface area (Å²) in [6.07, 6.45) is 8.87. The molecule has 1 aliphatic carbocycles. The standard InChI is InChI=1S/C15H19FN4/c16-11-5-6-15(18-10-11)14(17)9-12-7-8-20(19-12)13-3-1-2-4-13/h5-8,10,13-14H,1-4,9,17H2. The maximum absolute atomic E-state index is 12.8. The fourth-order valence-electron chi connectivity index (χ4n) is 2.79. The molecule has 2 heterocycles. The summed E-state index contributed by atoms with van der Waals surface area (Å²) < 4.78 is 14.9. The van der Waals surface area contributed by atoms with Gasteiger partial charge in [-0.3, -0.25) is 9.67 Å². The highest BCUT2D eigenvalue weighted by Crippen LogP contribution is 2.29. The zero-order chi connectivity index (χ0) is 13.9. The summed E-state index contributed by atoms with van der Waals surface area (Å²) in [6.45, 7) is 0. The van der Waals surface area contributed by atoms with Crippen molar-refractivity contribution in [2.75, 3.05) is 0 Å². The first kappa shape index (κ1) is 13.2. The van der Waals surface area contributed by atoms with E-state index in [1.54, 1.807) is 6.07 Å². The number of nitrogens with zero attached hydrogens (tertiary/aromatic N) is 3. The largest absolute Gasteiger partial charge is 0.322 e.